The van der Waals surface area contributed by atoms with Gasteiger partial charge in [0.15, 0.2) is 0 Å². The molecular formula is C14H19N3. The number of aromatic amines is 1. The Morgan fingerprint density at radius 2 is 1.88 bits per heavy atom. The van der Waals surface area contributed by atoms with Gasteiger partial charge in [-0.25, -0.2) is 4.98 Å². The number of hydrogen-bond donors (Lipinski definition) is 2. The van der Waals surface area contributed by atoms with Crippen LogP contribution in [0.3, 0.4) is 0 Å². The Bertz CT molecular complexity index is 434. The molecule has 0 saturated carbocycles. The maximum absolute atomic E-state index is 5.50. The van der Waals surface area contributed by atoms with Crippen LogP contribution in [0.2, 0.25) is 0 Å². The molecule has 0 saturated heterocycles. The van der Waals surface area contributed by atoms with Gasteiger partial charge in [-0.1, -0.05) is 30.3 Å². The second-order valence-corrected chi connectivity index (χ2v) is 4.23. The van der Waals surface area contributed by atoms with Crippen molar-refractivity contribution in [3.8, 4) is 0 Å². The molecule has 1 aromatic heterocycles. The first-order valence-electron chi connectivity index (χ1n) is 6.15. The summed E-state index contributed by atoms with van der Waals surface area (Å²) in [4.78, 5) is 7.66. The van der Waals surface area contributed by atoms with E-state index in [0.29, 0.717) is 6.54 Å². The van der Waals surface area contributed by atoms with E-state index in [1.165, 1.54) is 5.56 Å². The van der Waals surface area contributed by atoms with Gasteiger partial charge in [-0.15, -0.1) is 0 Å². The summed E-state index contributed by atoms with van der Waals surface area (Å²) in [5, 5.41) is 0. The molecule has 0 atom stereocenters. The predicted octanol–water partition coefficient (Wildman–Crippen LogP) is 2.09. The molecule has 2 rings (SSSR count). The topological polar surface area (TPSA) is 54.7 Å². The summed E-state index contributed by atoms with van der Waals surface area (Å²) < 4.78 is 0. The number of benzene rings is 1. The van der Waals surface area contributed by atoms with Crippen LogP contribution in [-0.2, 0) is 19.3 Å². The van der Waals surface area contributed by atoms with Crippen LogP contribution < -0.4 is 5.73 Å². The molecular weight excluding hydrogens is 210 g/mol. The normalized spacial score (nSPS) is 10.6. The zero-order valence-corrected chi connectivity index (χ0v) is 10.0. The second kappa shape index (κ2) is 6.21. The predicted molar refractivity (Wildman–Crippen MR) is 69.8 cm³/mol. The van der Waals surface area contributed by atoms with Crippen molar-refractivity contribution in [3.05, 3.63) is 53.6 Å². The third kappa shape index (κ3) is 3.71. The molecule has 0 unspecified atom stereocenters. The van der Waals surface area contributed by atoms with Gasteiger partial charge < -0.3 is 10.7 Å². The van der Waals surface area contributed by atoms with E-state index in [4.69, 9.17) is 5.73 Å². The molecule has 2 aromatic rings. The number of nitrogens with one attached hydrogen (secondary N) is 1. The van der Waals surface area contributed by atoms with E-state index in [9.17, 15) is 0 Å². The summed E-state index contributed by atoms with van der Waals surface area (Å²) in [5.41, 5.74) is 8.03. The van der Waals surface area contributed by atoms with Gasteiger partial charge in [0.05, 0.1) is 0 Å². The van der Waals surface area contributed by atoms with Gasteiger partial charge in [0, 0.05) is 24.7 Å². The highest BCUT2D eigenvalue weighted by molar-refractivity contribution is 5.14. The van der Waals surface area contributed by atoms with Crippen LogP contribution in [0.4, 0.5) is 0 Å². The third-order valence-electron chi connectivity index (χ3n) is 2.82. The molecule has 0 aliphatic heterocycles. The van der Waals surface area contributed by atoms with Crippen LogP contribution >= 0.6 is 0 Å². The first-order valence-corrected chi connectivity index (χ1v) is 6.15. The minimum absolute atomic E-state index is 0.672. The fourth-order valence-electron chi connectivity index (χ4n) is 1.92. The Balaban J connectivity index is 1.78. The summed E-state index contributed by atoms with van der Waals surface area (Å²) in [7, 11) is 0. The van der Waals surface area contributed by atoms with E-state index in [0.717, 1.165) is 37.2 Å². The van der Waals surface area contributed by atoms with Crippen molar-refractivity contribution < 1.29 is 0 Å². The number of nitrogens with two attached hydrogens (primary N) is 1. The van der Waals surface area contributed by atoms with Crippen molar-refractivity contribution in [1.82, 2.24) is 9.97 Å². The third-order valence-corrected chi connectivity index (χ3v) is 2.82. The number of nitrogens with zero attached hydrogens (tertiary/aromatic N) is 1. The van der Waals surface area contributed by atoms with E-state index in [1.807, 2.05) is 6.20 Å². The van der Waals surface area contributed by atoms with Gasteiger partial charge in [0.2, 0.25) is 0 Å². The fraction of sp³-hybridized carbons (Fsp3) is 0.357. The Labute approximate surface area is 102 Å². The minimum atomic E-state index is 0.672. The van der Waals surface area contributed by atoms with Crippen molar-refractivity contribution in [2.45, 2.75) is 25.7 Å². The highest BCUT2D eigenvalue weighted by Gasteiger charge is 2.00. The monoisotopic (exact) mass is 229 g/mol. The molecule has 1 heterocycles. The number of rotatable bonds is 6. The molecule has 1 aromatic carbocycles. The Kier molecular flexibility index (Phi) is 4.33. The molecule has 0 spiro atoms. The van der Waals surface area contributed by atoms with Crippen molar-refractivity contribution >= 4 is 0 Å². The molecule has 0 bridgehead atoms. The molecule has 0 amide bonds. The van der Waals surface area contributed by atoms with Crippen molar-refractivity contribution in [2.24, 2.45) is 5.73 Å². The van der Waals surface area contributed by atoms with Gasteiger partial charge in [-0.05, 0) is 24.9 Å². The van der Waals surface area contributed by atoms with Crippen molar-refractivity contribution in [1.29, 1.82) is 0 Å². The lowest BCUT2D eigenvalue weighted by Gasteiger charge is -1.99. The molecule has 0 aliphatic carbocycles. The average Bonchev–Trinajstić information content (AvgIpc) is 2.79. The summed E-state index contributed by atoms with van der Waals surface area (Å²) in [6.45, 7) is 0.672. The van der Waals surface area contributed by atoms with E-state index in [-0.39, 0.29) is 0 Å². The lowest BCUT2D eigenvalue weighted by Crippen LogP contribution is -2.02. The first-order chi connectivity index (χ1) is 8.38. The average molecular weight is 229 g/mol. The van der Waals surface area contributed by atoms with Gasteiger partial charge in [-0.3, -0.25) is 0 Å². The zero-order valence-electron chi connectivity index (χ0n) is 10.0. The standard InChI is InChI=1S/C14H19N3/c15-10-9-13-11-16-14(17-13)8-4-7-12-5-2-1-3-6-12/h1-3,5-6,11H,4,7-10,15H2,(H,16,17). The van der Waals surface area contributed by atoms with Crippen molar-refractivity contribution in [2.75, 3.05) is 6.54 Å². The number of aryl methyl sites for hydroxylation is 2. The SMILES string of the molecule is NCCc1cnc(CCCc2ccccc2)[nH]1. The molecule has 0 fully saturated rings. The quantitative estimate of drug-likeness (QED) is 0.797. The van der Waals surface area contributed by atoms with E-state index in [2.05, 4.69) is 40.3 Å². The van der Waals surface area contributed by atoms with Crippen LogP contribution in [-0.4, -0.2) is 16.5 Å². The van der Waals surface area contributed by atoms with Crippen LogP contribution in [0.5, 0.6) is 0 Å². The smallest absolute Gasteiger partial charge is 0.106 e. The fourth-order valence-corrected chi connectivity index (χ4v) is 1.92. The van der Waals surface area contributed by atoms with E-state index >= 15 is 0 Å². The summed E-state index contributed by atoms with van der Waals surface area (Å²) >= 11 is 0. The van der Waals surface area contributed by atoms with E-state index < -0.39 is 0 Å². The summed E-state index contributed by atoms with van der Waals surface area (Å²) in [5.74, 6) is 1.07. The van der Waals surface area contributed by atoms with Crippen LogP contribution in [0.1, 0.15) is 23.5 Å². The maximum Gasteiger partial charge on any atom is 0.106 e. The Morgan fingerprint density at radius 1 is 1.06 bits per heavy atom. The van der Waals surface area contributed by atoms with Gasteiger partial charge in [0.25, 0.3) is 0 Å². The first kappa shape index (κ1) is 11.9. The van der Waals surface area contributed by atoms with Gasteiger partial charge >= 0.3 is 0 Å². The molecule has 3 heteroatoms. The van der Waals surface area contributed by atoms with E-state index in [1.54, 1.807) is 0 Å². The molecule has 0 aliphatic rings. The number of hydrogen-bond acceptors (Lipinski definition) is 2. The lowest BCUT2D eigenvalue weighted by molar-refractivity contribution is 0.778. The highest BCUT2D eigenvalue weighted by Crippen LogP contribution is 2.06. The van der Waals surface area contributed by atoms with Gasteiger partial charge in [0.1, 0.15) is 5.82 Å². The van der Waals surface area contributed by atoms with Crippen LogP contribution in [0.15, 0.2) is 36.5 Å². The Hall–Kier alpha value is -1.61. The minimum Gasteiger partial charge on any atom is -0.346 e. The van der Waals surface area contributed by atoms with Crippen LogP contribution in [0.25, 0.3) is 0 Å². The maximum atomic E-state index is 5.50. The molecule has 17 heavy (non-hydrogen) atoms. The second-order valence-electron chi connectivity index (χ2n) is 4.23. The van der Waals surface area contributed by atoms with Crippen molar-refractivity contribution in [3.63, 3.8) is 0 Å². The number of imidazole rings is 1. The number of H-pyrrole nitrogens is 1. The molecule has 3 nitrogen and oxygen atoms in total. The zero-order chi connectivity index (χ0) is 11.9. The molecule has 0 radical (unpaired) electrons. The highest BCUT2D eigenvalue weighted by atomic mass is 14.9. The Morgan fingerprint density at radius 3 is 2.65 bits per heavy atom. The largest absolute Gasteiger partial charge is 0.346 e. The van der Waals surface area contributed by atoms with Crippen LogP contribution in [0, 0.1) is 0 Å². The summed E-state index contributed by atoms with van der Waals surface area (Å²) in [6, 6.07) is 10.6. The van der Waals surface area contributed by atoms with Gasteiger partial charge in [-0.2, -0.15) is 0 Å². The molecule has 3 N–H and O–H groups in total. The lowest BCUT2D eigenvalue weighted by atomic mass is 10.1. The number of aromatic nitrogens is 2. The molecule has 90 valence electrons. The summed E-state index contributed by atoms with van der Waals surface area (Å²) in [6.07, 6.45) is 6.00.